The van der Waals surface area contributed by atoms with Crippen molar-refractivity contribution in [3.8, 4) is 33.8 Å². The third-order valence-corrected chi connectivity index (χ3v) is 5.17. The van der Waals surface area contributed by atoms with Crippen molar-refractivity contribution in [1.29, 1.82) is 0 Å². The van der Waals surface area contributed by atoms with Gasteiger partial charge in [-0.15, -0.1) is 0 Å². The zero-order valence-electron chi connectivity index (χ0n) is 14.4. The third-order valence-electron chi connectivity index (χ3n) is 4.28. The number of halogens is 2. The summed E-state index contributed by atoms with van der Waals surface area (Å²) in [6.07, 6.45) is 0. The second-order valence-corrected chi connectivity index (χ2v) is 7.41. The van der Waals surface area contributed by atoms with Gasteiger partial charge < -0.3 is 4.74 Å². The van der Waals surface area contributed by atoms with Gasteiger partial charge in [-0.1, -0.05) is 78.3 Å². The first-order chi connectivity index (χ1) is 13.2. The van der Waals surface area contributed by atoms with Crippen molar-refractivity contribution in [3.63, 3.8) is 0 Å². The van der Waals surface area contributed by atoms with Crippen LogP contribution in [0.2, 0.25) is 5.02 Å². The lowest BCUT2D eigenvalue weighted by Gasteiger charge is -2.15. The standard InChI is InChI=1S/C24H16BrClO/c25-22-13-12-20(26)16-24(22)27-23-14-11-19(17-7-3-1-4-8-17)15-21(23)18-9-5-2-6-10-18/h1-16H. The summed E-state index contributed by atoms with van der Waals surface area (Å²) in [5, 5.41) is 0.635. The molecule has 4 aromatic carbocycles. The van der Waals surface area contributed by atoms with Gasteiger partial charge in [0.05, 0.1) is 4.47 Å². The van der Waals surface area contributed by atoms with E-state index in [1.807, 2.05) is 60.7 Å². The topological polar surface area (TPSA) is 9.23 Å². The van der Waals surface area contributed by atoms with Crippen LogP contribution in [0.5, 0.6) is 11.5 Å². The molecule has 0 aliphatic carbocycles. The van der Waals surface area contributed by atoms with E-state index in [1.54, 1.807) is 0 Å². The van der Waals surface area contributed by atoms with Gasteiger partial charge in [0.15, 0.2) is 0 Å². The molecule has 0 unspecified atom stereocenters. The van der Waals surface area contributed by atoms with E-state index in [1.165, 1.54) is 5.56 Å². The van der Waals surface area contributed by atoms with E-state index in [4.69, 9.17) is 16.3 Å². The zero-order valence-corrected chi connectivity index (χ0v) is 16.7. The summed E-state index contributed by atoms with van der Waals surface area (Å²) < 4.78 is 7.09. The second-order valence-electron chi connectivity index (χ2n) is 6.12. The lowest BCUT2D eigenvalue weighted by Crippen LogP contribution is -1.91. The van der Waals surface area contributed by atoms with Crippen LogP contribution in [0, 0.1) is 0 Å². The van der Waals surface area contributed by atoms with Crippen molar-refractivity contribution in [3.05, 3.63) is 107 Å². The fourth-order valence-electron chi connectivity index (χ4n) is 2.95. The highest BCUT2D eigenvalue weighted by atomic mass is 79.9. The first-order valence-electron chi connectivity index (χ1n) is 8.58. The van der Waals surface area contributed by atoms with Gasteiger partial charge in [-0.2, -0.15) is 0 Å². The number of ether oxygens (including phenoxy) is 1. The fourth-order valence-corrected chi connectivity index (χ4v) is 3.44. The Morgan fingerprint density at radius 3 is 1.96 bits per heavy atom. The Balaban J connectivity index is 1.82. The predicted octanol–water partition coefficient (Wildman–Crippen LogP) is 8.23. The fraction of sp³-hybridized carbons (Fsp3) is 0. The van der Waals surface area contributed by atoms with Gasteiger partial charge in [-0.25, -0.2) is 0 Å². The van der Waals surface area contributed by atoms with Crippen LogP contribution in [0.25, 0.3) is 22.3 Å². The number of hydrogen-bond donors (Lipinski definition) is 0. The van der Waals surface area contributed by atoms with Crippen molar-refractivity contribution in [2.24, 2.45) is 0 Å². The molecule has 0 spiro atoms. The molecule has 0 N–H and O–H groups in total. The Morgan fingerprint density at radius 2 is 1.26 bits per heavy atom. The summed E-state index contributed by atoms with van der Waals surface area (Å²) in [7, 11) is 0. The normalized spacial score (nSPS) is 10.6. The van der Waals surface area contributed by atoms with Crippen LogP contribution in [0.3, 0.4) is 0 Å². The summed E-state index contributed by atoms with van der Waals surface area (Å²) in [4.78, 5) is 0. The first kappa shape index (κ1) is 17.8. The summed E-state index contributed by atoms with van der Waals surface area (Å²) in [6.45, 7) is 0. The Kier molecular flexibility index (Phi) is 5.28. The average molecular weight is 436 g/mol. The number of rotatable bonds is 4. The van der Waals surface area contributed by atoms with Crippen molar-refractivity contribution in [2.75, 3.05) is 0 Å². The van der Waals surface area contributed by atoms with Gasteiger partial charge >= 0.3 is 0 Å². The van der Waals surface area contributed by atoms with E-state index >= 15 is 0 Å². The SMILES string of the molecule is Clc1ccc(Br)c(Oc2ccc(-c3ccccc3)cc2-c2ccccc2)c1. The minimum Gasteiger partial charge on any atom is -0.455 e. The third kappa shape index (κ3) is 4.08. The predicted molar refractivity (Wildman–Crippen MR) is 117 cm³/mol. The quantitative estimate of drug-likeness (QED) is 0.314. The van der Waals surface area contributed by atoms with E-state index in [0.29, 0.717) is 10.8 Å². The van der Waals surface area contributed by atoms with Gasteiger partial charge in [-0.05, 0) is 56.9 Å². The molecule has 0 atom stereocenters. The first-order valence-corrected chi connectivity index (χ1v) is 9.75. The van der Waals surface area contributed by atoms with Gasteiger partial charge in [0.1, 0.15) is 11.5 Å². The maximum Gasteiger partial charge on any atom is 0.143 e. The monoisotopic (exact) mass is 434 g/mol. The van der Waals surface area contributed by atoms with Crippen LogP contribution in [-0.2, 0) is 0 Å². The molecule has 0 saturated carbocycles. The highest BCUT2D eigenvalue weighted by Gasteiger charge is 2.12. The van der Waals surface area contributed by atoms with Crippen molar-refractivity contribution >= 4 is 27.5 Å². The molecule has 0 fully saturated rings. The van der Waals surface area contributed by atoms with Crippen molar-refractivity contribution in [1.82, 2.24) is 0 Å². The molecule has 0 aromatic heterocycles. The lowest BCUT2D eigenvalue weighted by atomic mass is 9.98. The van der Waals surface area contributed by atoms with Crippen LogP contribution < -0.4 is 4.74 Å². The van der Waals surface area contributed by atoms with E-state index in [0.717, 1.165) is 26.9 Å². The van der Waals surface area contributed by atoms with E-state index in [-0.39, 0.29) is 0 Å². The van der Waals surface area contributed by atoms with Crippen LogP contribution in [0.1, 0.15) is 0 Å². The number of benzene rings is 4. The van der Waals surface area contributed by atoms with Gasteiger partial charge in [0, 0.05) is 16.7 Å². The Labute approximate surface area is 172 Å². The Morgan fingerprint density at radius 1 is 0.593 bits per heavy atom. The highest BCUT2D eigenvalue weighted by molar-refractivity contribution is 9.10. The lowest BCUT2D eigenvalue weighted by molar-refractivity contribution is 0.481. The molecule has 4 aromatic rings. The Bertz CT molecular complexity index is 1060. The van der Waals surface area contributed by atoms with E-state index < -0.39 is 0 Å². The van der Waals surface area contributed by atoms with Crippen LogP contribution >= 0.6 is 27.5 Å². The molecule has 4 rings (SSSR count). The minimum atomic E-state index is 0.635. The zero-order chi connectivity index (χ0) is 18.6. The molecule has 0 radical (unpaired) electrons. The molecule has 0 heterocycles. The summed E-state index contributed by atoms with van der Waals surface area (Å²) in [6, 6.07) is 32.4. The smallest absolute Gasteiger partial charge is 0.143 e. The highest BCUT2D eigenvalue weighted by Crippen LogP contribution is 2.39. The molecule has 0 amide bonds. The molecule has 27 heavy (non-hydrogen) atoms. The largest absolute Gasteiger partial charge is 0.455 e. The maximum absolute atomic E-state index is 6.24. The number of hydrogen-bond acceptors (Lipinski definition) is 1. The van der Waals surface area contributed by atoms with E-state index in [2.05, 4.69) is 52.3 Å². The summed E-state index contributed by atoms with van der Waals surface area (Å²) >= 11 is 9.68. The molecule has 3 heteroatoms. The van der Waals surface area contributed by atoms with Gasteiger partial charge in [-0.3, -0.25) is 0 Å². The van der Waals surface area contributed by atoms with E-state index in [9.17, 15) is 0 Å². The molecule has 0 bridgehead atoms. The van der Waals surface area contributed by atoms with Gasteiger partial charge in [0.2, 0.25) is 0 Å². The molecule has 0 aliphatic heterocycles. The minimum absolute atomic E-state index is 0.635. The van der Waals surface area contributed by atoms with Crippen LogP contribution in [0.4, 0.5) is 0 Å². The second kappa shape index (κ2) is 7.99. The molecule has 132 valence electrons. The van der Waals surface area contributed by atoms with Gasteiger partial charge in [0.25, 0.3) is 0 Å². The molecular weight excluding hydrogens is 420 g/mol. The molecule has 0 aliphatic rings. The summed E-state index contributed by atoms with van der Waals surface area (Å²) in [5.74, 6) is 1.47. The van der Waals surface area contributed by atoms with Crippen molar-refractivity contribution < 1.29 is 4.74 Å². The Hall–Kier alpha value is -2.55. The van der Waals surface area contributed by atoms with Crippen molar-refractivity contribution in [2.45, 2.75) is 0 Å². The van der Waals surface area contributed by atoms with Crippen LogP contribution in [0.15, 0.2) is 102 Å². The maximum atomic E-state index is 6.24. The van der Waals surface area contributed by atoms with Crippen LogP contribution in [-0.4, -0.2) is 0 Å². The summed E-state index contributed by atoms with van der Waals surface area (Å²) in [5.41, 5.74) is 4.45. The average Bonchev–Trinajstić information content (AvgIpc) is 2.72. The molecule has 0 saturated heterocycles. The molecule has 1 nitrogen and oxygen atoms in total. The molecular formula is C24H16BrClO.